The molecule has 2 aliphatic heterocycles. The van der Waals surface area contributed by atoms with Crippen LogP contribution in [0.5, 0.6) is 0 Å². The van der Waals surface area contributed by atoms with Crippen LogP contribution in [0.1, 0.15) is 24.1 Å². The number of hydrogen-bond donors (Lipinski definition) is 0. The highest BCUT2D eigenvalue weighted by Crippen LogP contribution is 2.34. The third-order valence-corrected chi connectivity index (χ3v) is 5.27. The molecule has 0 radical (unpaired) electrons. The molecular formula is C21H26N4. The van der Waals surface area contributed by atoms with Gasteiger partial charge in [-0.05, 0) is 37.5 Å². The Morgan fingerprint density at radius 3 is 2.52 bits per heavy atom. The van der Waals surface area contributed by atoms with E-state index in [-0.39, 0.29) is 0 Å². The van der Waals surface area contributed by atoms with Crippen molar-refractivity contribution >= 4 is 11.5 Å². The van der Waals surface area contributed by atoms with Crippen molar-refractivity contribution in [2.24, 2.45) is 0 Å². The Hall–Kier alpha value is -2.33. The molecule has 0 saturated carbocycles. The average Bonchev–Trinajstić information content (AvgIpc) is 2.64. The average molecular weight is 334 g/mol. The Balaban J connectivity index is 1.44. The van der Waals surface area contributed by atoms with Crippen molar-refractivity contribution in [2.45, 2.75) is 32.4 Å². The van der Waals surface area contributed by atoms with Gasteiger partial charge >= 0.3 is 0 Å². The van der Waals surface area contributed by atoms with Crippen LogP contribution in [-0.4, -0.2) is 36.1 Å². The van der Waals surface area contributed by atoms with E-state index in [1.807, 2.05) is 0 Å². The number of fused-ring (bicyclic) bond motifs is 1. The Bertz CT molecular complexity index is 748. The minimum Gasteiger partial charge on any atom is -0.347 e. The summed E-state index contributed by atoms with van der Waals surface area (Å²) in [4.78, 5) is 11.9. The van der Waals surface area contributed by atoms with Crippen LogP contribution < -0.4 is 9.80 Å². The lowest BCUT2D eigenvalue weighted by Gasteiger charge is -2.40. The molecule has 130 valence electrons. The van der Waals surface area contributed by atoms with Gasteiger partial charge < -0.3 is 9.80 Å². The van der Waals surface area contributed by atoms with E-state index in [1.54, 1.807) is 0 Å². The van der Waals surface area contributed by atoms with Crippen LogP contribution in [0.3, 0.4) is 0 Å². The number of pyridine rings is 1. The molecule has 1 saturated heterocycles. The molecule has 0 spiro atoms. The molecule has 3 heterocycles. The summed E-state index contributed by atoms with van der Waals surface area (Å²) in [6.45, 7) is 5.40. The van der Waals surface area contributed by atoms with Crippen molar-refractivity contribution in [3.63, 3.8) is 0 Å². The van der Waals surface area contributed by atoms with E-state index < -0.39 is 0 Å². The van der Waals surface area contributed by atoms with E-state index in [9.17, 15) is 0 Å². The molecule has 0 aliphatic carbocycles. The molecule has 4 heteroatoms. The van der Waals surface area contributed by atoms with Crippen molar-refractivity contribution in [1.82, 2.24) is 9.88 Å². The minimum absolute atomic E-state index is 0.532. The van der Waals surface area contributed by atoms with E-state index in [4.69, 9.17) is 4.98 Å². The predicted molar refractivity (Wildman–Crippen MR) is 104 cm³/mol. The summed E-state index contributed by atoms with van der Waals surface area (Å²) in [6.07, 6.45) is 6.70. The molecule has 1 aromatic heterocycles. The molecule has 0 atom stereocenters. The molecule has 0 N–H and O–H groups in total. The maximum atomic E-state index is 4.83. The lowest BCUT2D eigenvalue weighted by Crippen LogP contribution is -2.44. The largest absolute Gasteiger partial charge is 0.347 e. The third-order valence-electron chi connectivity index (χ3n) is 5.27. The smallest absolute Gasteiger partial charge is 0.157 e. The number of hydrogen-bond acceptors (Lipinski definition) is 4. The van der Waals surface area contributed by atoms with Gasteiger partial charge in [-0.15, -0.1) is 0 Å². The number of benzene rings is 1. The van der Waals surface area contributed by atoms with Crippen molar-refractivity contribution in [2.75, 3.05) is 29.9 Å². The fourth-order valence-electron chi connectivity index (χ4n) is 3.82. The molecule has 2 aromatic rings. The first kappa shape index (κ1) is 16.2. The second kappa shape index (κ2) is 6.89. The number of piperidine rings is 1. The van der Waals surface area contributed by atoms with Crippen LogP contribution in [0.4, 0.5) is 11.5 Å². The van der Waals surface area contributed by atoms with Crippen molar-refractivity contribution in [1.29, 1.82) is 0 Å². The normalized spacial score (nSPS) is 18.5. The maximum Gasteiger partial charge on any atom is 0.157 e. The zero-order valence-corrected chi connectivity index (χ0v) is 15.1. The zero-order chi connectivity index (χ0) is 17.2. The number of aryl methyl sites for hydroxylation is 1. The molecule has 1 aromatic carbocycles. The molecule has 0 unspecified atom stereocenters. The first-order valence-electron chi connectivity index (χ1n) is 9.14. The van der Waals surface area contributed by atoms with Gasteiger partial charge in [-0.25, -0.2) is 4.98 Å². The fraction of sp³-hybridized carbons (Fsp3) is 0.381. The first-order chi connectivity index (χ1) is 12.2. The summed E-state index contributed by atoms with van der Waals surface area (Å²) in [7, 11) is 2.09. The fourth-order valence-corrected chi connectivity index (χ4v) is 3.82. The van der Waals surface area contributed by atoms with E-state index in [0.717, 1.165) is 31.1 Å². The Morgan fingerprint density at radius 2 is 1.76 bits per heavy atom. The van der Waals surface area contributed by atoms with Crippen LogP contribution in [0.25, 0.3) is 0 Å². The summed E-state index contributed by atoms with van der Waals surface area (Å²) in [5.41, 5.74) is 3.68. The molecule has 2 aliphatic rings. The number of aromatic nitrogens is 1. The van der Waals surface area contributed by atoms with Crippen LogP contribution >= 0.6 is 0 Å². The second-order valence-electron chi connectivity index (χ2n) is 7.10. The van der Waals surface area contributed by atoms with Gasteiger partial charge in [0.15, 0.2) is 5.82 Å². The Kier molecular flexibility index (Phi) is 4.45. The number of anilines is 2. The van der Waals surface area contributed by atoms with Gasteiger partial charge in [0.2, 0.25) is 0 Å². The highest BCUT2D eigenvalue weighted by Gasteiger charge is 2.28. The summed E-state index contributed by atoms with van der Waals surface area (Å²) < 4.78 is 0. The molecule has 0 amide bonds. The molecule has 4 nitrogen and oxygen atoms in total. The monoisotopic (exact) mass is 334 g/mol. The van der Waals surface area contributed by atoms with Gasteiger partial charge in [-0.1, -0.05) is 30.3 Å². The van der Waals surface area contributed by atoms with E-state index in [0.29, 0.717) is 6.04 Å². The second-order valence-corrected chi connectivity index (χ2v) is 7.10. The van der Waals surface area contributed by atoms with Crippen LogP contribution in [0.15, 0.2) is 54.9 Å². The van der Waals surface area contributed by atoms with Gasteiger partial charge in [0, 0.05) is 50.8 Å². The number of likely N-dealkylation sites (tertiary alicyclic amines) is 1. The third kappa shape index (κ3) is 3.40. The van der Waals surface area contributed by atoms with Gasteiger partial charge in [0.05, 0.1) is 5.69 Å². The molecule has 0 bridgehead atoms. The molecular weight excluding hydrogens is 308 g/mol. The van der Waals surface area contributed by atoms with Crippen LogP contribution in [0, 0.1) is 6.92 Å². The van der Waals surface area contributed by atoms with Crippen LogP contribution in [0.2, 0.25) is 0 Å². The zero-order valence-electron chi connectivity index (χ0n) is 15.1. The predicted octanol–water partition coefficient (Wildman–Crippen LogP) is 3.78. The van der Waals surface area contributed by atoms with Gasteiger partial charge in [0.25, 0.3) is 0 Å². The summed E-state index contributed by atoms with van der Waals surface area (Å²) in [5, 5.41) is 0. The topological polar surface area (TPSA) is 22.6 Å². The van der Waals surface area contributed by atoms with Gasteiger partial charge in [-0.3, -0.25) is 4.90 Å². The Labute approximate surface area is 150 Å². The standard InChI is InChI=1S/C21H26N4/c1-17-8-9-20-21(22-17)25(15-14-23(20)2)19-10-12-24(13-11-19)16-18-6-4-3-5-7-18/h3-9,14-15,19H,10-13,16H2,1-2H3. The van der Waals surface area contributed by atoms with Gasteiger partial charge in [0.1, 0.15) is 0 Å². The van der Waals surface area contributed by atoms with E-state index in [2.05, 4.69) is 83.5 Å². The lowest BCUT2D eigenvalue weighted by atomic mass is 10.0. The first-order valence-corrected chi connectivity index (χ1v) is 9.14. The lowest BCUT2D eigenvalue weighted by molar-refractivity contribution is 0.204. The highest BCUT2D eigenvalue weighted by molar-refractivity contribution is 5.72. The Morgan fingerprint density at radius 1 is 1.00 bits per heavy atom. The van der Waals surface area contributed by atoms with E-state index >= 15 is 0 Å². The molecule has 4 rings (SSSR count). The quantitative estimate of drug-likeness (QED) is 0.852. The number of nitrogens with zero attached hydrogens (tertiary/aromatic N) is 4. The van der Waals surface area contributed by atoms with Crippen molar-refractivity contribution in [3.05, 3.63) is 66.1 Å². The highest BCUT2D eigenvalue weighted by atomic mass is 15.3. The van der Waals surface area contributed by atoms with Crippen molar-refractivity contribution < 1.29 is 0 Å². The maximum absolute atomic E-state index is 4.83. The molecule has 1 fully saturated rings. The van der Waals surface area contributed by atoms with Crippen LogP contribution in [-0.2, 0) is 6.54 Å². The number of rotatable bonds is 3. The summed E-state index contributed by atoms with van der Waals surface area (Å²) >= 11 is 0. The summed E-state index contributed by atoms with van der Waals surface area (Å²) in [5.74, 6) is 1.10. The summed E-state index contributed by atoms with van der Waals surface area (Å²) in [6, 6.07) is 15.6. The van der Waals surface area contributed by atoms with Gasteiger partial charge in [-0.2, -0.15) is 0 Å². The van der Waals surface area contributed by atoms with E-state index in [1.165, 1.54) is 24.1 Å². The minimum atomic E-state index is 0.532. The van der Waals surface area contributed by atoms with Crippen molar-refractivity contribution in [3.8, 4) is 0 Å². The molecule has 25 heavy (non-hydrogen) atoms. The SMILES string of the molecule is Cc1ccc2c(n1)N(C1CCN(Cc3ccccc3)CC1)C=CN2C.